The number of nitrogens with zero attached hydrogens (tertiary/aromatic N) is 1. The highest BCUT2D eigenvalue weighted by molar-refractivity contribution is 9.10. The first-order valence-corrected chi connectivity index (χ1v) is 4.82. The Morgan fingerprint density at radius 1 is 1.64 bits per heavy atom. The number of pyridine rings is 1. The number of aromatic carboxylic acids is 1. The van der Waals surface area contributed by atoms with Crippen LogP contribution >= 0.6 is 27.5 Å². The molecule has 2 heterocycles. The lowest BCUT2D eigenvalue weighted by molar-refractivity contribution is 0.0691. The van der Waals surface area contributed by atoms with Crippen LogP contribution in [0.4, 0.5) is 0 Å². The van der Waals surface area contributed by atoms with E-state index in [-0.39, 0.29) is 5.69 Å². The molecule has 0 radical (unpaired) electrons. The summed E-state index contributed by atoms with van der Waals surface area (Å²) in [6.07, 6.45) is 1.53. The Hall–Kier alpha value is -1.07. The average Bonchev–Trinajstić information content (AvgIpc) is 2.56. The van der Waals surface area contributed by atoms with Crippen molar-refractivity contribution in [3.8, 4) is 0 Å². The molecule has 0 saturated carbocycles. The van der Waals surface area contributed by atoms with Crippen molar-refractivity contribution >= 4 is 44.5 Å². The van der Waals surface area contributed by atoms with Gasteiger partial charge >= 0.3 is 5.97 Å². The van der Waals surface area contributed by atoms with Gasteiger partial charge in [0.1, 0.15) is 5.69 Å². The Labute approximate surface area is 92.0 Å². The molecule has 0 bridgehead atoms. The zero-order valence-corrected chi connectivity index (χ0v) is 9.06. The molecule has 2 aromatic heterocycles. The predicted octanol–water partition coefficient (Wildman–Crippen LogP) is 2.68. The molecule has 0 amide bonds. The van der Waals surface area contributed by atoms with Gasteiger partial charge in [-0.25, -0.2) is 4.79 Å². The Morgan fingerprint density at radius 2 is 2.36 bits per heavy atom. The topological polar surface area (TPSA) is 66.0 Å². The lowest BCUT2D eigenvalue weighted by atomic mass is 10.4. The summed E-state index contributed by atoms with van der Waals surface area (Å²) in [6.45, 7) is 0. The first-order chi connectivity index (χ1) is 6.59. The van der Waals surface area contributed by atoms with E-state index in [1.165, 1.54) is 12.3 Å². The molecular formula is C8H4BrClN2O2. The molecule has 0 unspecified atom stereocenters. The minimum atomic E-state index is -1.03. The minimum absolute atomic E-state index is 0.0764. The van der Waals surface area contributed by atoms with Crippen LogP contribution in [0.5, 0.6) is 0 Å². The van der Waals surface area contributed by atoms with Gasteiger partial charge in [-0.3, -0.25) is 4.98 Å². The van der Waals surface area contributed by atoms with Crippen molar-refractivity contribution in [2.75, 3.05) is 0 Å². The number of carboxylic acids is 1. The van der Waals surface area contributed by atoms with Gasteiger partial charge in [-0.1, -0.05) is 11.6 Å². The number of hydrogen-bond acceptors (Lipinski definition) is 2. The molecule has 72 valence electrons. The van der Waals surface area contributed by atoms with E-state index in [1.54, 1.807) is 0 Å². The lowest BCUT2D eigenvalue weighted by Crippen LogP contribution is -1.94. The van der Waals surface area contributed by atoms with Gasteiger partial charge in [0.05, 0.1) is 20.5 Å². The second-order valence-corrected chi connectivity index (χ2v) is 3.90. The fourth-order valence-electron chi connectivity index (χ4n) is 1.13. The van der Waals surface area contributed by atoms with Crippen LogP contribution in [0.1, 0.15) is 10.5 Å². The Bertz CT molecular complexity index is 523. The highest BCUT2D eigenvalue weighted by Gasteiger charge is 2.11. The standard InChI is InChI=1S/C8H4BrClN2O2/c9-3-2-11-4-1-5(8(13)14)12-7(4)6(3)10/h1-2,12H,(H,13,14). The number of rotatable bonds is 1. The molecule has 14 heavy (non-hydrogen) atoms. The molecule has 0 aliphatic rings. The largest absolute Gasteiger partial charge is 0.477 e. The summed E-state index contributed by atoms with van der Waals surface area (Å²) in [4.78, 5) is 17.4. The number of halogens is 2. The van der Waals surface area contributed by atoms with E-state index >= 15 is 0 Å². The summed E-state index contributed by atoms with van der Waals surface area (Å²) in [6, 6.07) is 1.44. The maximum Gasteiger partial charge on any atom is 0.352 e. The van der Waals surface area contributed by atoms with Crippen molar-refractivity contribution in [2.45, 2.75) is 0 Å². The van der Waals surface area contributed by atoms with E-state index < -0.39 is 5.97 Å². The second kappa shape index (κ2) is 3.25. The molecule has 2 aromatic rings. The summed E-state index contributed by atoms with van der Waals surface area (Å²) in [7, 11) is 0. The maximum absolute atomic E-state index is 10.7. The highest BCUT2D eigenvalue weighted by atomic mass is 79.9. The summed E-state index contributed by atoms with van der Waals surface area (Å²) in [5.74, 6) is -1.03. The van der Waals surface area contributed by atoms with E-state index in [1.807, 2.05) is 0 Å². The number of aromatic amines is 1. The maximum atomic E-state index is 10.7. The van der Waals surface area contributed by atoms with E-state index in [2.05, 4.69) is 25.9 Å². The molecule has 0 aromatic carbocycles. The van der Waals surface area contributed by atoms with Crippen LogP contribution < -0.4 is 0 Å². The molecule has 0 spiro atoms. The molecular weight excluding hydrogens is 271 g/mol. The van der Waals surface area contributed by atoms with Gasteiger partial charge in [-0.05, 0) is 22.0 Å². The number of aromatic nitrogens is 2. The Kier molecular flexibility index (Phi) is 2.20. The minimum Gasteiger partial charge on any atom is -0.477 e. The van der Waals surface area contributed by atoms with Crippen LogP contribution in [0.25, 0.3) is 11.0 Å². The van der Waals surface area contributed by atoms with E-state index in [9.17, 15) is 4.79 Å². The van der Waals surface area contributed by atoms with Crippen LogP contribution in [0.2, 0.25) is 5.02 Å². The molecule has 4 nitrogen and oxygen atoms in total. The first-order valence-electron chi connectivity index (χ1n) is 3.65. The van der Waals surface area contributed by atoms with Gasteiger partial charge < -0.3 is 10.1 Å². The zero-order valence-electron chi connectivity index (χ0n) is 6.71. The van der Waals surface area contributed by atoms with Crippen LogP contribution in [-0.4, -0.2) is 21.0 Å². The number of hydrogen-bond donors (Lipinski definition) is 2. The Balaban J connectivity index is 2.77. The third-order valence-electron chi connectivity index (χ3n) is 1.77. The van der Waals surface area contributed by atoms with Gasteiger partial charge in [0, 0.05) is 6.20 Å². The van der Waals surface area contributed by atoms with Crippen LogP contribution in [0.3, 0.4) is 0 Å². The number of carboxylic acid groups (broad SMARTS) is 1. The van der Waals surface area contributed by atoms with Crippen molar-refractivity contribution in [3.63, 3.8) is 0 Å². The molecule has 2 N–H and O–H groups in total. The molecule has 6 heteroatoms. The van der Waals surface area contributed by atoms with Crippen molar-refractivity contribution in [1.82, 2.24) is 9.97 Å². The van der Waals surface area contributed by atoms with E-state index in [0.29, 0.717) is 20.5 Å². The quantitative estimate of drug-likeness (QED) is 0.841. The Morgan fingerprint density at radius 3 is 3.00 bits per heavy atom. The smallest absolute Gasteiger partial charge is 0.352 e. The SMILES string of the molecule is O=C(O)c1cc2ncc(Br)c(Cl)c2[nH]1. The van der Waals surface area contributed by atoms with Gasteiger partial charge in [0.15, 0.2) is 0 Å². The lowest BCUT2D eigenvalue weighted by Gasteiger charge is -1.95. The highest BCUT2D eigenvalue weighted by Crippen LogP contribution is 2.29. The molecule has 0 saturated heterocycles. The van der Waals surface area contributed by atoms with Crippen molar-refractivity contribution < 1.29 is 9.90 Å². The van der Waals surface area contributed by atoms with E-state index in [0.717, 1.165) is 0 Å². The molecule has 0 fully saturated rings. The molecule has 2 rings (SSSR count). The number of nitrogens with one attached hydrogen (secondary N) is 1. The number of H-pyrrole nitrogens is 1. The monoisotopic (exact) mass is 274 g/mol. The van der Waals surface area contributed by atoms with Crippen LogP contribution in [-0.2, 0) is 0 Å². The van der Waals surface area contributed by atoms with Gasteiger partial charge in [0.2, 0.25) is 0 Å². The normalized spacial score (nSPS) is 10.7. The fourth-order valence-corrected chi connectivity index (χ4v) is 1.62. The first kappa shape index (κ1) is 9.48. The number of carbonyl (C=O) groups is 1. The summed E-state index contributed by atoms with van der Waals surface area (Å²) in [5, 5.41) is 9.17. The van der Waals surface area contributed by atoms with Gasteiger partial charge in [-0.2, -0.15) is 0 Å². The van der Waals surface area contributed by atoms with E-state index in [4.69, 9.17) is 16.7 Å². The van der Waals surface area contributed by atoms with Crippen molar-refractivity contribution in [2.24, 2.45) is 0 Å². The van der Waals surface area contributed by atoms with Crippen molar-refractivity contribution in [1.29, 1.82) is 0 Å². The summed E-state index contributed by atoms with van der Waals surface area (Å²) in [5.41, 5.74) is 1.14. The second-order valence-electron chi connectivity index (χ2n) is 2.67. The molecule has 0 atom stereocenters. The molecule has 0 aliphatic carbocycles. The number of fused-ring (bicyclic) bond motifs is 1. The van der Waals surface area contributed by atoms with Crippen LogP contribution in [0.15, 0.2) is 16.7 Å². The third kappa shape index (κ3) is 1.38. The molecule has 0 aliphatic heterocycles. The fraction of sp³-hybridized carbons (Fsp3) is 0. The van der Waals surface area contributed by atoms with Crippen LogP contribution in [0, 0.1) is 0 Å². The third-order valence-corrected chi connectivity index (χ3v) is 3.00. The average molecular weight is 275 g/mol. The summed E-state index contributed by atoms with van der Waals surface area (Å²) >= 11 is 9.13. The van der Waals surface area contributed by atoms with Gasteiger partial charge in [-0.15, -0.1) is 0 Å². The predicted molar refractivity (Wildman–Crippen MR) is 55.8 cm³/mol. The van der Waals surface area contributed by atoms with Gasteiger partial charge in [0.25, 0.3) is 0 Å². The zero-order chi connectivity index (χ0) is 10.3. The summed E-state index contributed by atoms with van der Waals surface area (Å²) < 4.78 is 0.630. The van der Waals surface area contributed by atoms with Crippen molar-refractivity contribution in [3.05, 3.63) is 27.5 Å².